The molecule has 1 N–H and O–H groups in total. The SMILES string of the molecule is Bc1ccc(Nc2c(C(=O)OCC)c3n(c(=O)c2C)CCC3)c(F)c1. The van der Waals surface area contributed by atoms with Gasteiger partial charge in [0.15, 0.2) is 0 Å². The van der Waals surface area contributed by atoms with Gasteiger partial charge >= 0.3 is 5.97 Å². The lowest BCUT2D eigenvalue weighted by atomic mass is 9.96. The van der Waals surface area contributed by atoms with Gasteiger partial charge in [-0.3, -0.25) is 4.79 Å². The number of nitrogens with zero attached hydrogens (tertiary/aromatic N) is 1. The zero-order valence-corrected chi connectivity index (χ0v) is 14.6. The van der Waals surface area contributed by atoms with Crippen molar-refractivity contribution >= 4 is 30.7 Å². The Labute approximate surface area is 146 Å². The third-order valence-corrected chi connectivity index (χ3v) is 4.46. The summed E-state index contributed by atoms with van der Waals surface area (Å²) in [6, 6.07) is 4.77. The molecule has 3 rings (SSSR count). The van der Waals surface area contributed by atoms with E-state index >= 15 is 0 Å². The molecule has 130 valence electrons. The van der Waals surface area contributed by atoms with E-state index in [1.807, 2.05) is 0 Å². The molecule has 0 bridgehead atoms. The number of hydrogen-bond acceptors (Lipinski definition) is 4. The molecule has 0 atom stereocenters. The van der Waals surface area contributed by atoms with Crippen molar-refractivity contribution in [3.05, 3.63) is 51.2 Å². The molecule has 0 radical (unpaired) electrons. The van der Waals surface area contributed by atoms with Crippen molar-refractivity contribution < 1.29 is 13.9 Å². The van der Waals surface area contributed by atoms with Crippen molar-refractivity contribution in [3.63, 3.8) is 0 Å². The Balaban J connectivity index is 2.19. The minimum absolute atomic E-state index is 0.157. The van der Waals surface area contributed by atoms with Gasteiger partial charge in [0.1, 0.15) is 19.2 Å². The van der Waals surface area contributed by atoms with Crippen LogP contribution in [0, 0.1) is 12.7 Å². The minimum Gasteiger partial charge on any atom is -0.462 e. The van der Waals surface area contributed by atoms with Gasteiger partial charge in [0, 0.05) is 17.8 Å². The largest absolute Gasteiger partial charge is 0.462 e. The Morgan fingerprint density at radius 1 is 1.44 bits per heavy atom. The lowest BCUT2D eigenvalue weighted by Gasteiger charge is -2.18. The first-order valence-electron chi connectivity index (χ1n) is 8.40. The number of aromatic nitrogens is 1. The molecular weight excluding hydrogens is 322 g/mol. The van der Waals surface area contributed by atoms with Crippen LogP contribution in [0.2, 0.25) is 0 Å². The molecule has 1 aliphatic rings. The quantitative estimate of drug-likeness (QED) is 0.674. The van der Waals surface area contributed by atoms with Crippen molar-refractivity contribution in [1.82, 2.24) is 4.57 Å². The number of pyridine rings is 1. The van der Waals surface area contributed by atoms with Gasteiger partial charge in [-0.1, -0.05) is 11.5 Å². The number of esters is 1. The number of carbonyl (C=O) groups excluding carboxylic acids is 1. The first-order chi connectivity index (χ1) is 11.9. The third kappa shape index (κ3) is 3.06. The Morgan fingerprint density at radius 3 is 2.88 bits per heavy atom. The topological polar surface area (TPSA) is 60.3 Å². The van der Waals surface area contributed by atoms with Gasteiger partial charge in [0.25, 0.3) is 5.56 Å². The zero-order valence-electron chi connectivity index (χ0n) is 14.6. The van der Waals surface area contributed by atoms with Gasteiger partial charge in [0.2, 0.25) is 0 Å². The summed E-state index contributed by atoms with van der Waals surface area (Å²) in [6.45, 7) is 4.19. The second-order valence-electron chi connectivity index (χ2n) is 6.21. The lowest BCUT2D eigenvalue weighted by Crippen LogP contribution is -2.27. The van der Waals surface area contributed by atoms with E-state index in [4.69, 9.17) is 4.74 Å². The zero-order chi connectivity index (χ0) is 18.1. The first kappa shape index (κ1) is 17.3. The fraction of sp³-hybridized carbons (Fsp3) is 0.333. The summed E-state index contributed by atoms with van der Waals surface area (Å²) >= 11 is 0. The van der Waals surface area contributed by atoms with Crippen LogP contribution in [0.15, 0.2) is 23.0 Å². The van der Waals surface area contributed by atoms with Crippen LogP contribution in [0.4, 0.5) is 15.8 Å². The number of hydrogen-bond donors (Lipinski definition) is 1. The summed E-state index contributed by atoms with van der Waals surface area (Å²) in [4.78, 5) is 25.2. The molecule has 0 aliphatic carbocycles. The van der Waals surface area contributed by atoms with Crippen LogP contribution in [0.3, 0.4) is 0 Å². The Bertz CT molecular complexity index is 908. The number of benzene rings is 1. The second-order valence-corrected chi connectivity index (χ2v) is 6.21. The highest BCUT2D eigenvalue weighted by atomic mass is 19.1. The first-order valence-corrected chi connectivity index (χ1v) is 8.40. The summed E-state index contributed by atoms with van der Waals surface area (Å²) in [5.41, 5.74) is 2.56. The van der Waals surface area contributed by atoms with Gasteiger partial charge in [-0.25, -0.2) is 9.18 Å². The number of anilines is 2. The molecule has 0 fully saturated rings. The molecule has 1 aromatic carbocycles. The molecule has 5 nitrogen and oxygen atoms in total. The molecule has 25 heavy (non-hydrogen) atoms. The fourth-order valence-corrected chi connectivity index (χ4v) is 3.24. The maximum absolute atomic E-state index is 14.3. The molecule has 0 saturated heterocycles. The van der Waals surface area contributed by atoms with E-state index in [1.54, 1.807) is 38.4 Å². The number of carbonyl (C=O) groups is 1. The van der Waals surface area contributed by atoms with Gasteiger partial charge in [-0.15, -0.1) is 0 Å². The maximum Gasteiger partial charge on any atom is 0.342 e. The van der Waals surface area contributed by atoms with Crippen LogP contribution >= 0.6 is 0 Å². The van der Waals surface area contributed by atoms with Gasteiger partial charge in [-0.2, -0.15) is 0 Å². The van der Waals surface area contributed by atoms with Crippen LogP contribution in [-0.4, -0.2) is 25.0 Å². The monoisotopic (exact) mass is 342 g/mol. The van der Waals surface area contributed by atoms with Crippen molar-refractivity contribution in [2.24, 2.45) is 0 Å². The standard InChI is InChI=1S/C18H20BFN2O3/c1-3-25-18(24)15-14-5-4-8-22(14)17(23)10(2)16(15)21-13-7-6-11(19)9-12(13)20/h6-7,9,21H,3-5,8,19H2,1-2H3. The number of halogens is 1. The third-order valence-electron chi connectivity index (χ3n) is 4.46. The van der Waals surface area contributed by atoms with Crippen molar-refractivity contribution in [2.75, 3.05) is 11.9 Å². The summed E-state index contributed by atoms with van der Waals surface area (Å²) in [5, 5.41) is 2.96. The Hall–Kier alpha value is -2.57. The second kappa shape index (κ2) is 6.74. The average Bonchev–Trinajstić information content (AvgIpc) is 3.04. The highest BCUT2D eigenvalue weighted by Crippen LogP contribution is 2.30. The van der Waals surface area contributed by atoms with E-state index in [0.717, 1.165) is 11.9 Å². The molecule has 7 heteroatoms. The van der Waals surface area contributed by atoms with Gasteiger partial charge < -0.3 is 14.6 Å². The van der Waals surface area contributed by atoms with E-state index in [-0.39, 0.29) is 17.9 Å². The summed E-state index contributed by atoms with van der Waals surface area (Å²) in [5.74, 6) is -0.930. The Morgan fingerprint density at radius 2 is 2.20 bits per heavy atom. The summed E-state index contributed by atoms with van der Waals surface area (Å²) in [7, 11) is 1.80. The van der Waals surface area contributed by atoms with E-state index < -0.39 is 11.8 Å². The van der Waals surface area contributed by atoms with E-state index in [0.29, 0.717) is 35.5 Å². The number of ether oxygens (including phenoxy) is 1. The minimum atomic E-state index is -0.494. The highest BCUT2D eigenvalue weighted by molar-refractivity contribution is 6.32. The number of rotatable bonds is 4. The van der Waals surface area contributed by atoms with E-state index in [9.17, 15) is 14.0 Å². The predicted molar refractivity (Wildman–Crippen MR) is 97.6 cm³/mol. The van der Waals surface area contributed by atoms with Gasteiger partial charge in [0.05, 0.1) is 18.0 Å². The maximum atomic E-state index is 14.3. The molecular formula is C18H20BFN2O3. The van der Waals surface area contributed by atoms with Crippen LogP contribution in [0.25, 0.3) is 0 Å². The Kier molecular flexibility index (Phi) is 4.66. The summed E-state index contributed by atoms with van der Waals surface area (Å²) in [6.07, 6.45) is 1.41. The normalized spacial score (nSPS) is 12.8. The molecule has 2 aromatic rings. The number of fused-ring (bicyclic) bond motifs is 1. The molecule has 2 heterocycles. The van der Waals surface area contributed by atoms with Crippen LogP contribution in [0.1, 0.15) is 35.0 Å². The molecule has 1 aliphatic heterocycles. The predicted octanol–water partition coefficient (Wildman–Crippen LogP) is 1.42. The molecule has 1 aromatic heterocycles. The lowest BCUT2D eigenvalue weighted by molar-refractivity contribution is 0.0525. The van der Waals surface area contributed by atoms with E-state index in [1.165, 1.54) is 6.07 Å². The van der Waals surface area contributed by atoms with Crippen molar-refractivity contribution in [3.8, 4) is 0 Å². The fourth-order valence-electron chi connectivity index (χ4n) is 3.24. The van der Waals surface area contributed by atoms with Crippen molar-refractivity contribution in [1.29, 1.82) is 0 Å². The number of nitrogens with one attached hydrogen (secondary N) is 1. The van der Waals surface area contributed by atoms with Crippen LogP contribution < -0.4 is 16.3 Å². The summed E-state index contributed by atoms with van der Waals surface area (Å²) < 4.78 is 21.1. The highest BCUT2D eigenvalue weighted by Gasteiger charge is 2.28. The average molecular weight is 342 g/mol. The smallest absolute Gasteiger partial charge is 0.342 e. The van der Waals surface area contributed by atoms with Gasteiger partial charge in [-0.05, 0) is 38.8 Å². The van der Waals surface area contributed by atoms with E-state index in [2.05, 4.69) is 5.32 Å². The molecule has 0 unspecified atom stereocenters. The van der Waals surface area contributed by atoms with Crippen molar-refractivity contribution in [2.45, 2.75) is 33.2 Å². The molecule has 0 amide bonds. The van der Waals surface area contributed by atoms with Crippen LogP contribution in [0.5, 0.6) is 0 Å². The van der Waals surface area contributed by atoms with Crippen LogP contribution in [-0.2, 0) is 17.7 Å². The molecule has 0 saturated carbocycles. The molecule has 0 spiro atoms.